The van der Waals surface area contributed by atoms with E-state index in [1.54, 1.807) is 31.3 Å². The van der Waals surface area contributed by atoms with Gasteiger partial charge in [-0.25, -0.2) is 8.42 Å². The molecule has 2 N–H and O–H groups in total. The van der Waals surface area contributed by atoms with E-state index < -0.39 is 16.1 Å². The summed E-state index contributed by atoms with van der Waals surface area (Å²) >= 11 is 1.62. The zero-order valence-corrected chi connectivity index (χ0v) is 17.4. The number of rotatable bonds is 8. The molecule has 3 rings (SSSR count). The van der Waals surface area contributed by atoms with Crippen molar-refractivity contribution in [2.24, 2.45) is 5.92 Å². The number of ether oxygens (including phenoxy) is 2. The van der Waals surface area contributed by atoms with Crippen molar-refractivity contribution in [3.8, 4) is 11.5 Å². The number of nitrogens with one attached hydrogen (secondary N) is 2. The standard InChI is InChI=1S/C19H24N2O5S2/c1-13(2)18(19(22)20-8-7-14-4-3-11-27-14)21-28(23,24)15-5-6-16-17(12-15)26-10-9-25-16/h3-6,11-13,18,21H,7-10H2,1-2H3,(H,20,22)/t18-/m0/s1. The number of carbonyl (C=O) groups excluding carboxylic acids is 1. The zero-order chi connectivity index (χ0) is 20.1. The molecule has 0 unspecified atom stereocenters. The van der Waals surface area contributed by atoms with Crippen LogP contribution in [0.3, 0.4) is 0 Å². The Bertz CT molecular complexity index is 910. The molecular weight excluding hydrogens is 400 g/mol. The Labute approximate surface area is 169 Å². The number of hydrogen-bond acceptors (Lipinski definition) is 6. The third kappa shape index (κ3) is 5.03. The van der Waals surface area contributed by atoms with Crippen LogP contribution in [0.25, 0.3) is 0 Å². The van der Waals surface area contributed by atoms with Crippen LogP contribution in [0.4, 0.5) is 0 Å². The predicted molar refractivity (Wildman–Crippen MR) is 107 cm³/mol. The second-order valence-corrected chi connectivity index (χ2v) is 9.52. The molecule has 152 valence electrons. The summed E-state index contributed by atoms with van der Waals surface area (Å²) in [7, 11) is -3.90. The maximum absolute atomic E-state index is 12.8. The summed E-state index contributed by atoms with van der Waals surface area (Å²) < 4.78 is 39.0. The Morgan fingerprint density at radius 1 is 1.18 bits per heavy atom. The van der Waals surface area contributed by atoms with Gasteiger partial charge in [0.25, 0.3) is 0 Å². The third-order valence-corrected chi connectivity index (χ3v) is 6.68. The van der Waals surface area contributed by atoms with Gasteiger partial charge in [0.2, 0.25) is 15.9 Å². The first-order chi connectivity index (χ1) is 13.4. The van der Waals surface area contributed by atoms with Gasteiger partial charge in [-0.3, -0.25) is 4.79 Å². The number of fused-ring (bicyclic) bond motifs is 1. The Morgan fingerprint density at radius 2 is 1.93 bits per heavy atom. The zero-order valence-electron chi connectivity index (χ0n) is 15.8. The molecule has 2 aromatic rings. The van der Waals surface area contributed by atoms with Crippen molar-refractivity contribution in [1.29, 1.82) is 0 Å². The minimum Gasteiger partial charge on any atom is -0.486 e. The second-order valence-electron chi connectivity index (χ2n) is 6.77. The van der Waals surface area contributed by atoms with Crippen molar-refractivity contribution >= 4 is 27.3 Å². The molecule has 1 aliphatic rings. The molecule has 28 heavy (non-hydrogen) atoms. The SMILES string of the molecule is CC(C)[C@H](NS(=O)(=O)c1ccc2c(c1)OCCO2)C(=O)NCCc1cccs1. The van der Waals surface area contributed by atoms with E-state index >= 15 is 0 Å². The molecule has 0 saturated carbocycles. The molecule has 1 atom stereocenters. The van der Waals surface area contributed by atoms with Crippen LogP contribution < -0.4 is 19.5 Å². The number of amides is 1. The molecule has 0 saturated heterocycles. The number of carbonyl (C=O) groups is 1. The fourth-order valence-electron chi connectivity index (χ4n) is 2.79. The van der Waals surface area contributed by atoms with Gasteiger partial charge in [0.1, 0.15) is 19.3 Å². The number of sulfonamides is 1. The average Bonchev–Trinajstić information content (AvgIpc) is 3.19. The Balaban J connectivity index is 1.67. The summed E-state index contributed by atoms with van der Waals surface area (Å²) in [5.74, 6) is 0.342. The lowest BCUT2D eigenvalue weighted by molar-refractivity contribution is -0.123. The lowest BCUT2D eigenvalue weighted by Gasteiger charge is -2.23. The maximum Gasteiger partial charge on any atom is 0.241 e. The minimum absolute atomic E-state index is 0.0359. The predicted octanol–water partition coefficient (Wildman–Crippen LogP) is 2.18. The number of thiophene rings is 1. The van der Waals surface area contributed by atoms with Gasteiger partial charge in [-0.1, -0.05) is 19.9 Å². The lowest BCUT2D eigenvalue weighted by atomic mass is 10.1. The maximum atomic E-state index is 12.8. The first-order valence-corrected chi connectivity index (χ1v) is 11.4. The van der Waals surface area contributed by atoms with Gasteiger partial charge in [0, 0.05) is 17.5 Å². The monoisotopic (exact) mass is 424 g/mol. The first-order valence-electron chi connectivity index (χ1n) is 9.09. The van der Waals surface area contributed by atoms with Gasteiger partial charge in [-0.2, -0.15) is 4.72 Å². The van der Waals surface area contributed by atoms with Crippen LogP contribution in [-0.2, 0) is 21.2 Å². The highest BCUT2D eigenvalue weighted by atomic mass is 32.2. The minimum atomic E-state index is -3.90. The van der Waals surface area contributed by atoms with Gasteiger partial charge in [0.05, 0.1) is 4.90 Å². The summed E-state index contributed by atoms with van der Waals surface area (Å²) in [6, 6.07) is 7.52. The molecule has 0 fully saturated rings. The van der Waals surface area contributed by atoms with Crippen LogP contribution in [0.15, 0.2) is 40.6 Å². The molecule has 0 radical (unpaired) electrons. The molecule has 0 spiro atoms. The molecule has 1 amide bonds. The Kier molecular flexibility index (Phi) is 6.58. The largest absolute Gasteiger partial charge is 0.486 e. The smallest absolute Gasteiger partial charge is 0.241 e. The molecule has 1 aromatic heterocycles. The van der Waals surface area contributed by atoms with Gasteiger partial charge in [-0.15, -0.1) is 11.3 Å². The van der Waals surface area contributed by atoms with Crippen LogP contribution in [0.2, 0.25) is 0 Å². The highest BCUT2D eigenvalue weighted by Gasteiger charge is 2.29. The fourth-order valence-corrected chi connectivity index (χ4v) is 4.86. The van der Waals surface area contributed by atoms with E-state index in [0.717, 1.165) is 0 Å². The molecule has 2 heterocycles. The number of benzene rings is 1. The fraction of sp³-hybridized carbons (Fsp3) is 0.421. The van der Waals surface area contributed by atoms with Crippen LogP contribution >= 0.6 is 11.3 Å². The van der Waals surface area contributed by atoms with E-state index in [2.05, 4.69) is 10.0 Å². The van der Waals surface area contributed by atoms with Crippen molar-refractivity contribution in [2.45, 2.75) is 31.2 Å². The highest BCUT2D eigenvalue weighted by molar-refractivity contribution is 7.89. The molecule has 7 nitrogen and oxygen atoms in total. The van der Waals surface area contributed by atoms with Gasteiger partial charge in [-0.05, 0) is 35.9 Å². The molecule has 0 aliphatic carbocycles. The Morgan fingerprint density at radius 3 is 2.61 bits per heavy atom. The van der Waals surface area contributed by atoms with Crippen molar-refractivity contribution in [2.75, 3.05) is 19.8 Å². The van der Waals surface area contributed by atoms with E-state index in [9.17, 15) is 13.2 Å². The topological polar surface area (TPSA) is 93.7 Å². The van der Waals surface area contributed by atoms with Crippen LogP contribution in [-0.4, -0.2) is 40.1 Å². The van der Waals surface area contributed by atoms with E-state index in [0.29, 0.717) is 37.7 Å². The van der Waals surface area contributed by atoms with Crippen LogP contribution in [0.1, 0.15) is 18.7 Å². The summed E-state index contributed by atoms with van der Waals surface area (Å²) in [6.45, 7) is 4.85. The lowest BCUT2D eigenvalue weighted by Crippen LogP contribution is -2.49. The second kappa shape index (κ2) is 8.93. The van der Waals surface area contributed by atoms with E-state index in [-0.39, 0.29) is 16.7 Å². The van der Waals surface area contributed by atoms with E-state index in [4.69, 9.17) is 9.47 Å². The third-order valence-electron chi connectivity index (χ3n) is 4.31. The average molecular weight is 425 g/mol. The number of hydrogen-bond donors (Lipinski definition) is 2. The van der Waals surface area contributed by atoms with Crippen LogP contribution in [0.5, 0.6) is 11.5 Å². The van der Waals surface area contributed by atoms with Crippen molar-refractivity contribution < 1.29 is 22.7 Å². The summed E-state index contributed by atoms with van der Waals surface area (Å²) in [6.07, 6.45) is 0.711. The van der Waals surface area contributed by atoms with E-state index in [1.165, 1.54) is 17.0 Å². The summed E-state index contributed by atoms with van der Waals surface area (Å²) in [5.41, 5.74) is 0. The molecule has 1 aromatic carbocycles. The van der Waals surface area contributed by atoms with Crippen molar-refractivity contribution in [3.05, 3.63) is 40.6 Å². The van der Waals surface area contributed by atoms with Crippen molar-refractivity contribution in [1.82, 2.24) is 10.0 Å². The quantitative estimate of drug-likeness (QED) is 0.678. The van der Waals surface area contributed by atoms with Gasteiger partial charge in [0.15, 0.2) is 11.5 Å². The summed E-state index contributed by atoms with van der Waals surface area (Å²) in [4.78, 5) is 13.8. The van der Waals surface area contributed by atoms with E-state index in [1.807, 2.05) is 17.5 Å². The molecule has 0 bridgehead atoms. The Hall–Kier alpha value is -2.10. The van der Waals surface area contributed by atoms with Crippen LogP contribution in [0, 0.1) is 5.92 Å². The highest BCUT2D eigenvalue weighted by Crippen LogP contribution is 2.32. The van der Waals surface area contributed by atoms with Crippen molar-refractivity contribution in [3.63, 3.8) is 0 Å². The molecular formula is C19H24N2O5S2. The van der Waals surface area contributed by atoms with Gasteiger partial charge < -0.3 is 14.8 Å². The van der Waals surface area contributed by atoms with Gasteiger partial charge >= 0.3 is 0 Å². The normalized spacial score (nSPS) is 14.7. The summed E-state index contributed by atoms with van der Waals surface area (Å²) in [5, 5.41) is 4.80. The molecule has 9 heteroatoms. The first kappa shape index (κ1) is 20.6. The molecule has 1 aliphatic heterocycles.